The normalized spacial score (nSPS) is 12.1. The van der Waals surface area contributed by atoms with Crippen molar-refractivity contribution in [1.29, 1.82) is 0 Å². The Morgan fingerprint density at radius 1 is 1.00 bits per heavy atom. The van der Waals surface area contributed by atoms with Crippen molar-refractivity contribution in [1.82, 2.24) is 4.31 Å². The van der Waals surface area contributed by atoms with Gasteiger partial charge in [-0.05, 0) is 42.3 Å². The van der Waals surface area contributed by atoms with Crippen molar-refractivity contribution in [2.75, 3.05) is 25.5 Å². The Morgan fingerprint density at radius 3 is 2.16 bits per heavy atom. The quantitative estimate of drug-likeness (QED) is 0.578. The van der Waals surface area contributed by atoms with E-state index in [1.54, 1.807) is 32.9 Å². The number of primary sulfonamides is 1. The average molecular weight is 470 g/mol. The van der Waals surface area contributed by atoms with Crippen molar-refractivity contribution in [3.8, 4) is 5.75 Å². The highest BCUT2D eigenvalue weighted by molar-refractivity contribution is 7.89. The molecule has 9 nitrogen and oxygen atoms in total. The first-order valence-electron chi connectivity index (χ1n) is 9.64. The first kappa shape index (κ1) is 24.8. The largest absolute Gasteiger partial charge is 0.495 e. The predicted octanol–water partition coefficient (Wildman–Crippen LogP) is 2.19. The number of methoxy groups -OCH3 is 1. The number of nitrogens with one attached hydrogen (secondary N) is 1. The van der Waals surface area contributed by atoms with E-state index in [9.17, 15) is 21.6 Å². The summed E-state index contributed by atoms with van der Waals surface area (Å²) in [6.45, 7) is 5.74. The van der Waals surface area contributed by atoms with Gasteiger partial charge in [0, 0.05) is 24.3 Å². The topological polar surface area (TPSA) is 136 Å². The molecule has 2 aromatic carbocycles. The van der Waals surface area contributed by atoms with Gasteiger partial charge in [-0.25, -0.2) is 22.0 Å². The first-order chi connectivity index (χ1) is 14.5. The van der Waals surface area contributed by atoms with Gasteiger partial charge in [0.25, 0.3) is 5.91 Å². The summed E-state index contributed by atoms with van der Waals surface area (Å²) in [5.41, 5.74) is 0.816. The minimum atomic E-state index is -3.97. The van der Waals surface area contributed by atoms with Crippen LogP contribution in [0.4, 0.5) is 5.69 Å². The molecule has 170 valence electrons. The summed E-state index contributed by atoms with van der Waals surface area (Å²) >= 11 is 0. The lowest BCUT2D eigenvalue weighted by molar-refractivity contribution is 0.102. The maximum atomic E-state index is 13.0. The fourth-order valence-electron chi connectivity index (χ4n) is 3.11. The summed E-state index contributed by atoms with van der Waals surface area (Å²) in [5, 5.41) is 7.86. The van der Waals surface area contributed by atoms with E-state index in [4.69, 9.17) is 9.88 Å². The van der Waals surface area contributed by atoms with Crippen LogP contribution in [0.25, 0.3) is 0 Å². The molecular weight excluding hydrogens is 442 g/mol. The van der Waals surface area contributed by atoms with Crippen LogP contribution in [-0.2, 0) is 26.5 Å². The predicted molar refractivity (Wildman–Crippen MR) is 118 cm³/mol. The number of carbonyl (C=O) groups is 1. The van der Waals surface area contributed by atoms with Gasteiger partial charge in [0.2, 0.25) is 20.0 Å². The van der Waals surface area contributed by atoms with Gasteiger partial charge in [0.1, 0.15) is 10.6 Å². The van der Waals surface area contributed by atoms with E-state index in [0.29, 0.717) is 12.0 Å². The molecule has 0 heterocycles. The summed E-state index contributed by atoms with van der Waals surface area (Å²) in [4.78, 5) is 12.6. The third-order valence-electron chi connectivity index (χ3n) is 4.76. The van der Waals surface area contributed by atoms with Crippen molar-refractivity contribution in [2.45, 2.75) is 37.0 Å². The Balaban J connectivity index is 2.46. The number of benzene rings is 2. The van der Waals surface area contributed by atoms with Crippen molar-refractivity contribution < 1.29 is 26.4 Å². The standard InChI is InChI=1S/C20H27N3O6S2/c1-5-14-8-10-16(13-18(14)30(21,25)26)22-20(24)15-9-11-17(29-4)19(12-15)31(27,28)23(6-2)7-3/h8-13H,5-7H2,1-4H3,(H,22,24)(H2,21,25,26). The molecular formula is C20H27N3O6S2. The summed E-state index contributed by atoms with van der Waals surface area (Å²) in [6, 6.07) is 8.48. The fourth-order valence-corrected chi connectivity index (χ4v) is 5.62. The van der Waals surface area contributed by atoms with E-state index in [0.717, 1.165) is 0 Å². The van der Waals surface area contributed by atoms with Crippen LogP contribution >= 0.6 is 0 Å². The summed E-state index contributed by atoms with van der Waals surface area (Å²) in [7, 11) is -6.50. The molecule has 2 aromatic rings. The van der Waals surface area contributed by atoms with Gasteiger partial charge in [0.05, 0.1) is 12.0 Å². The van der Waals surface area contributed by atoms with E-state index in [-0.39, 0.29) is 39.9 Å². The third kappa shape index (κ3) is 5.42. The molecule has 3 N–H and O–H groups in total. The number of nitrogens with two attached hydrogens (primary N) is 1. The molecule has 0 radical (unpaired) electrons. The number of aryl methyl sites for hydroxylation is 1. The smallest absolute Gasteiger partial charge is 0.255 e. The third-order valence-corrected chi connectivity index (χ3v) is 7.83. The SMILES string of the molecule is CCc1ccc(NC(=O)c2ccc(OC)c(S(=O)(=O)N(CC)CC)c2)cc1S(N)(=O)=O. The van der Waals surface area contributed by atoms with Gasteiger partial charge in [0.15, 0.2) is 0 Å². The summed E-state index contributed by atoms with van der Waals surface area (Å²) in [5.74, 6) is -0.490. The molecule has 0 aliphatic rings. The second-order valence-corrected chi connectivity index (χ2v) is 10.1. The highest BCUT2D eigenvalue weighted by Crippen LogP contribution is 2.28. The van der Waals surface area contributed by atoms with Gasteiger partial charge in [-0.2, -0.15) is 4.31 Å². The number of hydrogen-bond donors (Lipinski definition) is 2. The molecule has 0 bridgehead atoms. The molecule has 0 fully saturated rings. The number of rotatable bonds is 9. The Hall–Kier alpha value is -2.47. The van der Waals surface area contributed by atoms with Crippen LogP contribution in [0.5, 0.6) is 5.75 Å². The lowest BCUT2D eigenvalue weighted by Crippen LogP contribution is -2.31. The Kier molecular flexibility index (Phi) is 7.82. The van der Waals surface area contributed by atoms with Crippen LogP contribution in [0.1, 0.15) is 36.7 Å². The molecule has 0 unspecified atom stereocenters. The molecule has 0 aromatic heterocycles. The highest BCUT2D eigenvalue weighted by atomic mass is 32.2. The molecule has 0 spiro atoms. The molecule has 0 aliphatic heterocycles. The number of amides is 1. The number of ether oxygens (including phenoxy) is 1. The number of nitrogens with zero attached hydrogens (tertiary/aromatic N) is 1. The van der Waals surface area contributed by atoms with Gasteiger partial charge in [-0.1, -0.05) is 26.8 Å². The molecule has 11 heteroatoms. The Bertz CT molecular complexity index is 1170. The van der Waals surface area contributed by atoms with Crippen LogP contribution < -0.4 is 15.2 Å². The number of anilines is 1. The lowest BCUT2D eigenvalue weighted by atomic mass is 10.1. The lowest BCUT2D eigenvalue weighted by Gasteiger charge is -2.20. The molecule has 2 rings (SSSR count). The van der Waals surface area contributed by atoms with Crippen molar-refractivity contribution in [3.05, 3.63) is 47.5 Å². The van der Waals surface area contributed by atoms with Gasteiger partial charge in [-0.3, -0.25) is 4.79 Å². The molecule has 31 heavy (non-hydrogen) atoms. The van der Waals surface area contributed by atoms with Crippen molar-refractivity contribution in [2.24, 2.45) is 5.14 Å². The summed E-state index contributed by atoms with van der Waals surface area (Å²) in [6.07, 6.45) is 0.449. The number of hydrogen-bond acceptors (Lipinski definition) is 6. The maximum absolute atomic E-state index is 13.0. The number of carbonyl (C=O) groups excluding carboxylic acids is 1. The number of sulfonamides is 2. The molecule has 0 saturated heterocycles. The van der Waals surface area contributed by atoms with E-state index in [1.807, 2.05) is 0 Å². The zero-order valence-corrected chi connectivity index (χ0v) is 19.5. The first-order valence-corrected chi connectivity index (χ1v) is 12.6. The van der Waals surface area contributed by atoms with E-state index < -0.39 is 26.0 Å². The average Bonchev–Trinajstić information content (AvgIpc) is 2.73. The van der Waals surface area contributed by atoms with Gasteiger partial charge < -0.3 is 10.1 Å². The second kappa shape index (κ2) is 9.77. The van der Waals surface area contributed by atoms with Crippen LogP contribution in [0, 0.1) is 0 Å². The van der Waals surface area contributed by atoms with Crippen LogP contribution in [-0.4, -0.2) is 47.2 Å². The van der Waals surface area contributed by atoms with Crippen molar-refractivity contribution in [3.63, 3.8) is 0 Å². The Morgan fingerprint density at radius 2 is 1.65 bits per heavy atom. The minimum Gasteiger partial charge on any atom is -0.495 e. The zero-order valence-electron chi connectivity index (χ0n) is 17.9. The van der Waals surface area contributed by atoms with E-state index in [1.165, 1.54) is 35.7 Å². The second-order valence-electron chi connectivity index (χ2n) is 6.63. The molecule has 0 aliphatic carbocycles. The molecule has 0 atom stereocenters. The van der Waals surface area contributed by atoms with E-state index in [2.05, 4.69) is 5.32 Å². The highest BCUT2D eigenvalue weighted by Gasteiger charge is 2.27. The summed E-state index contributed by atoms with van der Waals surface area (Å²) < 4.78 is 56.1. The van der Waals surface area contributed by atoms with Gasteiger partial charge in [-0.15, -0.1) is 0 Å². The van der Waals surface area contributed by atoms with Crippen LogP contribution in [0.15, 0.2) is 46.2 Å². The maximum Gasteiger partial charge on any atom is 0.255 e. The van der Waals surface area contributed by atoms with E-state index >= 15 is 0 Å². The molecule has 1 amide bonds. The minimum absolute atomic E-state index is 0.0725. The molecule has 0 saturated carbocycles. The Labute approximate surface area is 183 Å². The van der Waals surface area contributed by atoms with Gasteiger partial charge >= 0.3 is 0 Å². The van der Waals surface area contributed by atoms with Crippen LogP contribution in [0.2, 0.25) is 0 Å². The fraction of sp³-hybridized carbons (Fsp3) is 0.350. The zero-order chi connectivity index (χ0) is 23.4. The van der Waals surface area contributed by atoms with Crippen molar-refractivity contribution >= 4 is 31.6 Å². The monoisotopic (exact) mass is 469 g/mol. The van der Waals surface area contributed by atoms with Crippen LogP contribution in [0.3, 0.4) is 0 Å².